The van der Waals surface area contributed by atoms with Crippen LogP contribution in [-0.2, 0) is 0 Å². The number of aromatic nitrogens is 2. The molecular formula is C14H26N4. The van der Waals surface area contributed by atoms with E-state index in [1.165, 1.54) is 12.8 Å². The molecule has 102 valence electrons. The van der Waals surface area contributed by atoms with Gasteiger partial charge < -0.3 is 10.6 Å². The Hall–Kier alpha value is -1.32. The predicted molar refractivity (Wildman–Crippen MR) is 77.6 cm³/mol. The molecule has 0 unspecified atom stereocenters. The van der Waals surface area contributed by atoms with E-state index in [0.717, 1.165) is 18.9 Å². The van der Waals surface area contributed by atoms with Crippen LogP contribution >= 0.6 is 0 Å². The Morgan fingerprint density at radius 2 is 1.56 bits per heavy atom. The molecule has 1 aromatic rings. The van der Waals surface area contributed by atoms with Gasteiger partial charge in [-0.1, -0.05) is 27.7 Å². The highest BCUT2D eigenvalue weighted by molar-refractivity contribution is 5.39. The van der Waals surface area contributed by atoms with Crippen LogP contribution in [0.1, 0.15) is 40.5 Å². The van der Waals surface area contributed by atoms with Crippen molar-refractivity contribution in [2.45, 2.75) is 40.5 Å². The molecule has 0 saturated carbocycles. The van der Waals surface area contributed by atoms with E-state index in [0.29, 0.717) is 17.7 Å². The second-order valence-electron chi connectivity index (χ2n) is 5.65. The van der Waals surface area contributed by atoms with Gasteiger partial charge in [-0.2, -0.15) is 0 Å². The monoisotopic (exact) mass is 250 g/mol. The normalized spacial score (nSPS) is 11.2. The van der Waals surface area contributed by atoms with Gasteiger partial charge in [0.05, 0.1) is 12.4 Å². The Morgan fingerprint density at radius 3 is 1.94 bits per heavy atom. The van der Waals surface area contributed by atoms with Crippen LogP contribution in [0, 0.1) is 11.8 Å². The fraction of sp³-hybridized carbons (Fsp3) is 0.714. The third-order valence-electron chi connectivity index (χ3n) is 2.93. The molecule has 0 bridgehead atoms. The minimum Gasteiger partial charge on any atom is -0.382 e. The van der Waals surface area contributed by atoms with Gasteiger partial charge in [-0.15, -0.1) is 0 Å². The van der Waals surface area contributed by atoms with Gasteiger partial charge in [0.25, 0.3) is 0 Å². The zero-order chi connectivity index (χ0) is 13.5. The topological polar surface area (TPSA) is 55.0 Å². The van der Waals surface area contributed by atoms with Gasteiger partial charge in [0.1, 0.15) is 11.6 Å². The van der Waals surface area contributed by atoms with Crippen LogP contribution in [0.15, 0.2) is 12.4 Å². The summed E-state index contributed by atoms with van der Waals surface area (Å²) in [6.07, 6.45) is 5.75. The second kappa shape index (κ2) is 7.19. The van der Waals surface area contributed by atoms with Crippen molar-refractivity contribution in [3.8, 4) is 0 Å². The second-order valence-corrected chi connectivity index (χ2v) is 5.65. The first-order valence-corrected chi connectivity index (χ1v) is 6.81. The van der Waals surface area contributed by atoms with Gasteiger partial charge in [-0.3, -0.25) is 0 Å². The van der Waals surface area contributed by atoms with Crippen molar-refractivity contribution in [2.75, 3.05) is 23.7 Å². The lowest BCUT2D eigenvalue weighted by Crippen LogP contribution is -2.28. The molecule has 1 rings (SSSR count). The Morgan fingerprint density at radius 1 is 1.00 bits per heavy atom. The molecule has 18 heavy (non-hydrogen) atoms. The Kier molecular flexibility index (Phi) is 5.89. The number of hydrogen-bond acceptors (Lipinski definition) is 4. The number of rotatable bonds is 7. The van der Waals surface area contributed by atoms with Gasteiger partial charge in [0.2, 0.25) is 0 Å². The van der Waals surface area contributed by atoms with Crippen LogP contribution < -0.4 is 10.6 Å². The maximum Gasteiger partial charge on any atom is 0.147 e. The summed E-state index contributed by atoms with van der Waals surface area (Å²) in [4.78, 5) is 10.8. The van der Waals surface area contributed by atoms with E-state index >= 15 is 0 Å². The number of nitrogens with zero attached hydrogens (tertiary/aromatic N) is 3. The zero-order valence-corrected chi connectivity index (χ0v) is 12.1. The molecule has 0 fully saturated rings. The van der Waals surface area contributed by atoms with Gasteiger partial charge in [0.15, 0.2) is 0 Å². The van der Waals surface area contributed by atoms with Crippen LogP contribution in [0.25, 0.3) is 0 Å². The van der Waals surface area contributed by atoms with Crippen molar-refractivity contribution in [3.05, 3.63) is 12.4 Å². The number of anilines is 2. The standard InChI is InChI=1S/C14H26N4/c1-11(2)5-7-18(8-6-12(3)4)14-10-16-13(15)9-17-14/h9-12H,5-8H2,1-4H3,(H2,15,16). The fourth-order valence-corrected chi connectivity index (χ4v) is 1.66. The lowest BCUT2D eigenvalue weighted by Gasteiger charge is -2.25. The van der Waals surface area contributed by atoms with Crippen LogP contribution in [0.2, 0.25) is 0 Å². The molecule has 2 N–H and O–H groups in total. The Balaban J connectivity index is 2.66. The van der Waals surface area contributed by atoms with Gasteiger partial charge in [-0.25, -0.2) is 9.97 Å². The molecule has 0 aliphatic rings. The highest BCUT2D eigenvalue weighted by atomic mass is 15.2. The van der Waals surface area contributed by atoms with E-state index in [1.807, 2.05) is 0 Å². The van der Waals surface area contributed by atoms with Crippen molar-refractivity contribution in [1.29, 1.82) is 0 Å². The van der Waals surface area contributed by atoms with E-state index in [-0.39, 0.29) is 0 Å². The van der Waals surface area contributed by atoms with E-state index in [1.54, 1.807) is 12.4 Å². The molecule has 0 aromatic carbocycles. The summed E-state index contributed by atoms with van der Waals surface area (Å²) in [5, 5.41) is 0. The van der Waals surface area contributed by atoms with E-state index in [9.17, 15) is 0 Å². The Bertz CT molecular complexity index is 320. The summed E-state index contributed by atoms with van der Waals surface area (Å²) in [5.41, 5.74) is 5.58. The number of hydrogen-bond donors (Lipinski definition) is 1. The van der Waals surface area contributed by atoms with Crippen molar-refractivity contribution in [3.63, 3.8) is 0 Å². The highest BCUT2D eigenvalue weighted by Crippen LogP contribution is 2.14. The van der Waals surface area contributed by atoms with Crippen LogP contribution in [-0.4, -0.2) is 23.1 Å². The summed E-state index contributed by atoms with van der Waals surface area (Å²) in [7, 11) is 0. The van der Waals surface area contributed by atoms with E-state index in [2.05, 4.69) is 42.6 Å². The lowest BCUT2D eigenvalue weighted by atomic mass is 10.1. The molecule has 1 aromatic heterocycles. The molecule has 0 aliphatic heterocycles. The summed E-state index contributed by atoms with van der Waals surface area (Å²) < 4.78 is 0. The van der Waals surface area contributed by atoms with Crippen molar-refractivity contribution in [1.82, 2.24) is 9.97 Å². The first-order valence-electron chi connectivity index (χ1n) is 6.81. The maximum atomic E-state index is 5.58. The quantitative estimate of drug-likeness (QED) is 0.808. The predicted octanol–water partition coefficient (Wildman–Crippen LogP) is 2.96. The molecule has 0 aliphatic carbocycles. The third-order valence-corrected chi connectivity index (χ3v) is 2.93. The zero-order valence-electron chi connectivity index (χ0n) is 12.1. The lowest BCUT2D eigenvalue weighted by molar-refractivity contribution is 0.532. The smallest absolute Gasteiger partial charge is 0.147 e. The first kappa shape index (κ1) is 14.7. The first-order chi connectivity index (χ1) is 8.49. The van der Waals surface area contributed by atoms with Crippen LogP contribution in [0.4, 0.5) is 11.6 Å². The van der Waals surface area contributed by atoms with Crippen LogP contribution in [0.5, 0.6) is 0 Å². The molecule has 0 spiro atoms. The summed E-state index contributed by atoms with van der Waals surface area (Å²) in [6, 6.07) is 0. The van der Waals surface area contributed by atoms with Crippen molar-refractivity contribution < 1.29 is 0 Å². The molecule has 4 nitrogen and oxygen atoms in total. The molecule has 0 radical (unpaired) electrons. The molecular weight excluding hydrogens is 224 g/mol. The SMILES string of the molecule is CC(C)CCN(CCC(C)C)c1cnc(N)cn1. The van der Waals surface area contributed by atoms with E-state index in [4.69, 9.17) is 5.73 Å². The summed E-state index contributed by atoms with van der Waals surface area (Å²) in [6.45, 7) is 11.0. The van der Waals surface area contributed by atoms with Gasteiger partial charge in [0, 0.05) is 13.1 Å². The van der Waals surface area contributed by atoms with E-state index < -0.39 is 0 Å². The highest BCUT2D eigenvalue weighted by Gasteiger charge is 2.10. The molecule has 1 heterocycles. The minimum absolute atomic E-state index is 0.478. The van der Waals surface area contributed by atoms with Gasteiger partial charge in [-0.05, 0) is 24.7 Å². The average molecular weight is 250 g/mol. The molecule has 0 saturated heterocycles. The molecule has 0 atom stereocenters. The van der Waals surface area contributed by atoms with Crippen LogP contribution in [0.3, 0.4) is 0 Å². The maximum absolute atomic E-state index is 5.58. The summed E-state index contributed by atoms with van der Waals surface area (Å²) in [5.74, 6) is 2.82. The van der Waals surface area contributed by atoms with Crippen molar-refractivity contribution >= 4 is 11.6 Å². The van der Waals surface area contributed by atoms with Crippen molar-refractivity contribution in [2.24, 2.45) is 11.8 Å². The number of nitrogen functional groups attached to an aromatic ring is 1. The average Bonchev–Trinajstić information content (AvgIpc) is 2.30. The Labute approximate surface area is 111 Å². The largest absolute Gasteiger partial charge is 0.382 e. The fourth-order valence-electron chi connectivity index (χ4n) is 1.66. The summed E-state index contributed by atoms with van der Waals surface area (Å²) >= 11 is 0. The third kappa shape index (κ3) is 5.34. The number of nitrogens with two attached hydrogens (primary N) is 1. The molecule has 0 amide bonds. The molecule has 4 heteroatoms. The minimum atomic E-state index is 0.478. The van der Waals surface area contributed by atoms with Gasteiger partial charge >= 0.3 is 0 Å².